The van der Waals surface area contributed by atoms with Crippen molar-refractivity contribution in [2.75, 3.05) is 6.54 Å². The highest BCUT2D eigenvalue weighted by Crippen LogP contribution is 2.53. The van der Waals surface area contributed by atoms with Crippen molar-refractivity contribution in [2.24, 2.45) is 5.92 Å². The fraction of sp³-hybridized carbons (Fsp3) is 0.395. The summed E-state index contributed by atoms with van der Waals surface area (Å²) >= 11 is 0. The number of carbonyl (C=O) groups is 2. The van der Waals surface area contributed by atoms with Gasteiger partial charge in [0.25, 0.3) is 5.91 Å². The molecule has 1 N–H and O–H groups in total. The Hall–Kier alpha value is -3.83. The number of carbonyl (C=O) groups excluding carboxylic acids is 2. The Morgan fingerprint density at radius 1 is 0.837 bits per heavy atom. The van der Waals surface area contributed by atoms with Gasteiger partial charge >= 0.3 is 0 Å². The minimum Gasteiger partial charge on any atom is -0.349 e. The molecule has 2 atom stereocenters. The fourth-order valence-electron chi connectivity index (χ4n) is 7.91. The smallest absolute Gasteiger partial charge is 0.252 e. The molecule has 5 heteroatoms. The van der Waals surface area contributed by atoms with Gasteiger partial charge in [-0.05, 0) is 112 Å². The predicted molar refractivity (Wildman–Crippen MR) is 171 cm³/mol. The van der Waals surface area contributed by atoms with Gasteiger partial charge in [-0.1, -0.05) is 54.6 Å². The Kier molecular flexibility index (Phi) is 7.60. The second kappa shape index (κ2) is 11.7. The molecule has 3 aromatic carbocycles. The third-order valence-corrected chi connectivity index (χ3v) is 10.3. The lowest BCUT2D eigenvalue weighted by Gasteiger charge is -2.31. The number of pyridine rings is 1. The highest BCUT2D eigenvalue weighted by atomic mass is 16.1. The molecular weight excluding hydrogens is 530 g/mol. The molecule has 43 heavy (non-hydrogen) atoms. The van der Waals surface area contributed by atoms with E-state index in [1.165, 1.54) is 30.4 Å². The molecule has 3 heterocycles. The molecule has 1 aliphatic carbocycles. The highest BCUT2D eigenvalue weighted by Gasteiger charge is 2.43. The van der Waals surface area contributed by atoms with Crippen LogP contribution in [0.2, 0.25) is 0 Å². The highest BCUT2D eigenvalue weighted by molar-refractivity contribution is 6.07. The maximum atomic E-state index is 13.3. The molecule has 3 aliphatic rings. The number of Topliss-reactive ketones (excluding diaryl/α,β-unsaturated/α-hetero) is 1. The first kappa shape index (κ1) is 28.0. The van der Waals surface area contributed by atoms with Crippen molar-refractivity contribution < 1.29 is 9.59 Å². The van der Waals surface area contributed by atoms with E-state index in [2.05, 4.69) is 40.3 Å². The number of aromatic nitrogens is 1. The van der Waals surface area contributed by atoms with Crippen LogP contribution in [-0.2, 0) is 6.42 Å². The third-order valence-electron chi connectivity index (χ3n) is 10.3. The van der Waals surface area contributed by atoms with E-state index in [0.717, 1.165) is 71.1 Å². The molecule has 0 radical (unpaired) electrons. The molecule has 2 aliphatic heterocycles. The van der Waals surface area contributed by atoms with Crippen LogP contribution in [0.5, 0.6) is 0 Å². The molecule has 5 nitrogen and oxygen atoms in total. The summed E-state index contributed by atoms with van der Waals surface area (Å²) in [5, 5.41) is 4.28. The normalized spacial score (nSPS) is 22.9. The van der Waals surface area contributed by atoms with Crippen molar-refractivity contribution in [1.82, 2.24) is 15.2 Å². The van der Waals surface area contributed by atoms with Gasteiger partial charge in [0.05, 0.1) is 5.52 Å². The third kappa shape index (κ3) is 5.51. The first-order valence-electron chi connectivity index (χ1n) is 16.1. The van der Waals surface area contributed by atoms with Crippen LogP contribution < -0.4 is 5.32 Å². The molecule has 1 saturated heterocycles. The van der Waals surface area contributed by atoms with Crippen LogP contribution in [0.15, 0.2) is 72.8 Å². The number of aryl methyl sites for hydroxylation is 2. The lowest BCUT2D eigenvalue weighted by Crippen LogP contribution is -2.38. The minimum atomic E-state index is 0.0205. The Morgan fingerprint density at radius 2 is 1.60 bits per heavy atom. The van der Waals surface area contributed by atoms with Gasteiger partial charge in [-0.15, -0.1) is 0 Å². The fourth-order valence-corrected chi connectivity index (χ4v) is 7.91. The van der Waals surface area contributed by atoms with E-state index in [0.29, 0.717) is 24.4 Å². The standard InChI is InChI=1S/C38H41N3O2/c1-24-8-15-32(31-16-9-25(2)39-37(24)31)38(43)40-29-13-10-26(11-14-29)20-21-41-34-18-19-35(41)33-23-28(12-17-30(33)34)36(42)22-27-6-4-3-5-7-27/h3-9,12,15-17,23,26,29,34-35H,10-11,13-14,18-22H2,1-2H3,(H,40,43)/t26?,29?,34-,35?/m0/s1. The van der Waals surface area contributed by atoms with Gasteiger partial charge in [0.15, 0.2) is 5.78 Å². The topological polar surface area (TPSA) is 62.3 Å². The van der Waals surface area contributed by atoms with E-state index in [4.69, 9.17) is 0 Å². The van der Waals surface area contributed by atoms with Crippen LogP contribution in [0.25, 0.3) is 10.9 Å². The van der Waals surface area contributed by atoms with E-state index in [-0.39, 0.29) is 17.7 Å². The van der Waals surface area contributed by atoms with E-state index in [1.807, 2.05) is 61.5 Å². The summed E-state index contributed by atoms with van der Waals surface area (Å²) in [5.41, 5.74) is 8.46. The van der Waals surface area contributed by atoms with Crippen LogP contribution >= 0.6 is 0 Å². The van der Waals surface area contributed by atoms with Crippen molar-refractivity contribution in [2.45, 2.75) is 83.3 Å². The zero-order chi connectivity index (χ0) is 29.5. The summed E-state index contributed by atoms with van der Waals surface area (Å²) in [6.07, 6.45) is 8.47. The summed E-state index contributed by atoms with van der Waals surface area (Å²) < 4.78 is 0. The number of nitrogens with one attached hydrogen (secondary N) is 1. The molecule has 1 unspecified atom stereocenters. The molecule has 0 spiro atoms. The molecule has 1 amide bonds. The predicted octanol–water partition coefficient (Wildman–Crippen LogP) is 7.85. The molecule has 220 valence electrons. The Labute approximate surface area is 254 Å². The van der Waals surface area contributed by atoms with E-state index < -0.39 is 0 Å². The molecule has 1 aromatic heterocycles. The number of benzene rings is 3. The van der Waals surface area contributed by atoms with Crippen molar-refractivity contribution in [3.05, 3.63) is 112 Å². The maximum Gasteiger partial charge on any atom is 0.252 e. The number of fused-ring (bicyclic) bond motifs is 6. The van der Waals surface area contributed by atoms with Gasteiger partial charge in [-0.3, -0.25) is 19.5 Å². The molecule has 7 rings (SSSR count). The van der Waals surface area contributed by atoms with Crippen molar-refractivity contribution in [1.29, 1.82) is 0 Å². The van der Waals surface area contributed by atoms with Crippen molar-refractivity contribution >= 4 is 22.6 Å². The summed E-state index contributed by atoms with van der Waals surface area (Å²) in [6, 6.07) is 25.7. The maximum absolute atomic E-state index is 13.3. The van der Waals surface area contributed by atoms with Gasteiger partial charge in [0.1, 0.15) is 0 Å². The molecule has 2 bridgehead atoms. The molecule has 4 aromatic rings. The van der Waals surface area contributed by atoms with Crippen molar-refractivity contribution in [3.63, 3.8) is 0 Å². The van der Waals surface area contributed by atoms with Crippen molar-refractivity contribution in [3.8, 4) is 0 Å². The van der Waals surface area contributed by atoms with E-state index >= 15 is 0 Å². The first-order valence-corrected chi connectivity index (χ1v) is 16.1. The number of hydrogen-bond donors (Lipinski definition) is 1. The lowest BCUT2D eigenvalue weighted by molar-refractivity contribution is 0.0919. The number of amides is 1. The second-order valence-electron chi connectivity index (χ2n) is 13.0. The van der Waals surface area contributed by atoms with Crippen LogP contribution in [0.4, 0.5) is 0 Å². The molecular formula is C38H41N3O2. The Bertz CT molecular complexity index is 1670. The second-order valence-corrected chi connectivity index (χ2v) is 13.0. The zero-order valence-corrected chi connectivity index (χ0v) is 25.3. The van der Waals surface area contributed by atoms with Gasteiger partial charge in [-0.25, -0.2) is 0 Å². The molecule has 2 fully saturated rings. The van der Waals surface area contributed by atoms with Gasteiger partial charge in [0, 0.05) is 46.8 Å². The number of hydrogen-bond acceptors (Lipinski definition) is 4. The average molecular weight is 572 g/mol. The van der Waals surface area contributed by atoms with E-state index in [1.54, 1.807) is 0 Å². The SMILES string of the molecule is Cc1ccc2c(C(=O)NC3CCC(CCN4C5CC[C@H]4c4ccc(C(=O)Cc6ccccc6)cc45)CC3)ccc(C)c2n1. The summed E-state index contributed by atoms with van der Waals surface area (Å²) in [4.78, 5) is 33.7. The average Bonchev–Trinajstić information content (AvgIpc) is 3.57. The number of ketones is 1. The number of nitrogens with zero attached hydrogens (tertiary/aromatic N) is 2. The van der Waals surface area contributed by atoms with Gasteiger partial charge in [0.2, 0.25) is 0 Å². The van der Waals surface area contributed by atoms with Gasteiger partial charge < -0.3 is 5.32 Å². The first-order chi connectivity index (χ1) is 20.9. The monoisotopic (exact) mass is 571 g/mol. The molecule has 1 saturated carbocycles. The Balaban J connectivity index is 0.929. The van der Waals surface area contributed by atoms with Gasteiger partial charge in [-0.2, -0.15) is 0 Å². The Morgan fingerprint density at radius 3 is 2.40 bits per heavy atom. The van der Waals surface area contributed by atoms with Crippen LogP contribution in [0.1, 0.15) is 106 Å². The minimum absolute atomic E-state index is 0.0205. The number of rotatable bonds is 8. The van der Waals surface area contributed by atoms with E-state index in [9.17, 15) is 9.59 Å². The summed E-state index contributed by atoms with van der Waals surface area (Å²) in [7, 11) is 0. The van der Waals surface area contributed by atoms with Crippen LogP contribution in [-0.4, -0.2) is 34.2 Å². The summed E-state index contributed by atoms with van der Waals surface area (Å²) in [5.74, 6) is 0.924. The quantitative estimate of drug-likeness (QED) is 0.219. The van der Waals surface area contributed by atoms with Crippen LogP contribution in [0.3, 0.4) is 0 Å². The van der Waals surface area contributed by atoms with Crippen LogP contribution in [0, 0.1) is 19.8 Å². The largest absolute Gasteiger partial charge is 0.349 e. The zero-order valence-electron chi connectivity index (χ0n) is 25.3. The summed E-state index contributed by atoms with van der Waals surface area (Å²) in [6.45, 7) is 5.15. The lowest BCUT2D eigenvalue weighted by atomic mass is 9.84.